The number of fused-ring (bicyclic) bond motifs is 1. The smallest absolute Gasteiger partial charge is 0.199 e. The lowest BCUT2D eigenvalue weighted by Crippen LogP contribution is -2.06. The van der Waals surface area contributed by atoms with Gasteiger partial charge in [-0.1, -0.05) is 23.7 Å². The first-order valence-corrected chi connectivity index (χ1v) is 8.68. The van der Waals surface area contributed by atoms with Crippen LogP contribution in [0.25, 0.3) is 22.6 Å². The van der Waals surface area contributed by atoms with E-state index in [0.29, 0.717) is 22.1 Å². The van der Waals surface area contributed by atoms with E-state index in [1.54, 1.807) is 16.7 Å². The first kappa shape index (κ1) is 16.3. The molecule has 4 rings (SSSR count). The van der Waals surface area contributed by atoms with E-state index in [-0.39, 0.29) is 12.4 Å². The SMILES string of the molecule is Nc1nonc1-c1nc2c(I)cccc2n1Cc1c(F)cccc1Cl. The Morgan fingerprint density at radius 3 is 2.72 bits per heavy atom. The van der Waals surface area contributed by atoms with Crippen molar-refractivity contribution in [2.75, 3.05) is 5.73 Å². The van der Waals surface area contributed by atoms with Gasteiger partial charge in [-0.25, -0.2) is 14.0 Å². The number of rotatable bonds is 3. The Morgan fingerprint density at radius 2 is 2.00 bits per heavy atom. The number of hydrogen-bond donors (Lipinski definition) is 1. The summed E-state index contributed by atoms with van der Waals surface area (Å²) in [5.41, 5.74) is 8.06. The van der Waals surface area contributed by atoms with Crippen LogP contribution in [0.15, 0.2) is 41.0 Å². The number of hydrogen-bond acceptors (Lipinski definition) is 5. The predicted molar refractivity (Wildman–Crippen MR) is 101 cm³/mol. The van der Waals surface area contributed by atoms with Crippen molar-refractivity contribution in [2.45, 2.75) is 6.54 Å². The Morgan fingerprint density at radius 1 is 1.20 bits per heavy atom. The summed E-state index contributed by atoms with van der Waals surface area (Å²) in [5.74, 6) is 0.167. The largest absolute Gasteiger partial charge is 0.379 e. The van der Waals surface area contributed by atoms with Gasteiger partial charge in [-0.05, 0) is 57.2 Å². The fourth-order valence-corrected chi connectivity index (χ4v) is 3.47. The van der Waals surface area contributed by atoms with Gasteiger partial charge in [0, 0.05) is 14.2 Å². The van der Waals surface area contributed by atoms with Gasteiger partial charge in [-0.15, -0.1) is 0 Å². The lowest BCUT2D eigenvalue weighted by molar-refractivity contribution is 0.310. The maximum atomic E-state index is 14.3. The summed E-state index contributed by atoms with van der Waals surface area (Å²) in [5, 5.41) is 7.78. The predicted octanol–water partition coefficient (Wildman–Crippen LogP) is 4.11. The van der Waals surface area contributed by atoms with Crippen molar-refractivity contribution >= 4 is 51.0 Å². The molecule has 0 saturated carbocycles. The molecule has 4 aromatic rings. The first-order chi connectivity index (χ1) is 12.1. The van der Waals surface area contributed by atoms with Gasteiger partial charge >= 0.3 is 0 Å². The normalized spacial score (nSPS) is 11.3. The summed E-state index contributed by atoms with van der Waals surface area (Å²) in [6.45, 7) is 0.170. The van der Waals surface area contributed by atoms with Crippen molar-refractivity contribution in [3.05, 3.63) is 56.4 Å². The Bertz CT molecular complexity index is 1070. The van der Waals surface area contributed by atoms with E-state index < -0.39 is 5.82 Å². The second kappa shape index (κ2) is 6.26. The van der Waals surface area contributed by atoms with Crippen molar-refractivity contribution in [3.8, 4) is 11.5 Å². The summed E-state index contributed by atoms with van der Waals surface area (Å²) >= 11 is 8.38. The molecule has 0 amide bonds. The van der Waals surface area contributed by atoms with Crippen LogP contribution in [0.3, 0.4) is 0 Å². The van der Waals surface area contributed by atoms with E-state index in [1.165, 1.54) is 6.07 Å². The maximum Gasteiger partial charge on any atom is 0.199 e. The number of nitrogens with two attached hydrogens (primary N) is 1. The van der Waals surface area contributed by atoms with Gasteiger partial charge in [-0.2, -0.15) is 0 Å². The standard InChI is InChI=1S/C16H10ClFIN5O/c17-9-3-1-4-10(18)8(9)7-24-12-6-2-5-11(19)13(12)21-16(24)14-15(20)23-25-22-14/h1-6H,7H2,(H2,20,23). The number of benzene rings is 2. The Labute approximate surface area is 159 Å². The van der Waals surface area contributed by atoms with Crippen molar-refractivity contribution < 1.29 is 9.02 Å². The average Bonchev–Trinajstić information content (AvgIpc) is 3.15. The highest BCUT2D eigenvalue weighted by molar-refractivity contribution is 14.1. The van der Waals surface area contributed by atoms with Crippen molar-refractivity contribution in [1.82, 2.24) is 19.9 Å². The fraction of sp³-hybridized carbons (Fsp3) is 0.0625. The fourth-order valence-electron chi connectivity index (χ4n) is 2.65. The summed E-state index contributed by atoms with van der Waals surface area (Å²) in [6, 6.07) is 10.3. The summed E-state index contributed by atoms with van der Waals surface area (Å²) < 4.78 is 21.7. The van der Waals surface area contributed by atoms with Crippen LogP contribution in [-0.4, -0.2) is 19.9 Å². The molecule has 0 atom stereocenters. The molecule has 0 radical (unpaired) electrons. The lowest BCUT2D eigenvalue weighted by atomic mass is 10.2. The zero-order chi connectivity index (χ0) is 17.6. The number of nitrogen functional groups attached to an aromatic ring is 1. The third kappa shape index (κ3) is 2.74. The number of para-hydroxylation sites is 1. The number of anilines is 1. The van der Waals surface area contributed by atoms with E-state index in [9.17, 15) is 4.39 Å². The number of imidazole rings is 1. The molecular weight excluding hydrogens is 460 g/mol. The van der Waals surface area contributed by atoms with Crippen LogP contribution < -0.4 is 5.73 Å². The third-order valence-corrected chi connectivity index (χ3v) is 5.06. The zero-order valence-electron chi connectivity index (χ0n) is 12.6. The van der Waals surface area contributed by atoms with Crippen LogP contribution in [0.5, 0.6) is 0 Å². The lowest BCUT2D eigenvalue weighted by Gasteiger charge is -2.10. The van der Waals surface area contributed by atoms with Crippen LogP contribution in [0, 0.1) is 9.39 Å². The minimum atomic E-state index is -0.392. The van der Waals surface area contributed by atoms with E-state index in [2.05, 4.69) is 37.9 Å². The minimum Gasteiger partial charge on any atom is -0.379 e. The Kier molecular flexibility index (Phi) is 4.08. The third-order valence-electron chi connectivity index (χ3n) is 3.83. The molecule has 25 heavy (non-hydrogen) atoms. The van der Waals surface area contributed by atoms with Gasteiger partial charge in [0.25, 0.3) is 0 Å². The van der Waals surface area contributed by atoms with E-state index in [1.807, 2.05) is 18.2 Å². The molecule has 126 valence electrons. The highest BCUT2D eigenvalue weighted by Crippen LogP contribution is 2.31. The van der Waals surface area contributed by atoms with Gasteiger partial charge in [0.05, 0.1) is 12.1 Å². The zero-order valence-corrected chi connectivity index (χ0v) is 15.5. The molecule has 2 N–H and O–H groups in total. The van der Waals surface area contributed by atoms with E-state index in [4.69, 9.17) is 22.0 Å². The second-order valence-corrected chi connectivity index (χ2v) is 6.90. The molecule has 0 aliphatic carbocycles. The van der Waals surface area contributed by atoms with Crippen LogP contribution in [-0.2, 0) is 6.54 Å². The summed E-state index contributed by atoms with van der Waals surface area (Å²) in [6.07, 6.45) is 0. The first-order valence-electron chi connectivity index (χ1n) is 7.22. The molecule has 2 aromatic carbocycles. The quantitative estimate of drug-likeness (QED) is 0.457. The van der Waals surface area contributed by atoms with E-state index >= 15 is 0 Å². The molecule has 0 unspecified atom stereocenters. The highest BCUT2D eigenvalue weighted by atomic mass is 127. The van der Waals surface area contributed by atoms with Crippen molar-refractivity contribution in [3.63, 3.8) is 0 Å². The molecule has 2 aromatic heterocycles. The molecule has 0 aliphatic rings. The van der Waals surface area contributed by atoms with Crippen molar-refractivity contribution in [1.29, 1.82) is 0 Å². The topological polar surface area (TPSA) is 82.8 Å². The summed E-state index contributed by atoms with van der Waals surface area (Å²) in [7, 11) is 0. The summed E-state index contributed by atoms with van der Waals surface area (Å²) in [4.78, 5) is 4.62. The Balaban J connectivity index is 1.98. The van der Waals surface area contributed by atoms with Gasteiger partial charge in [0.15, 0.2) is 17.3 Å². The van der Waals surface area contributed by atoms with Gasteiger partial charge in [-0.3, -0.25) is 0 Å². The van der Waals surface area contributed by atoms with Gasteiger partial charge in [0.1, 0.15) is 11.3 Å². The molecule has 0 spiro atoms. The van der Waals surface area contributed by atoms with Crippen molar-refractivity contribution in [2.24, 2.45) is 0 Å². The molecule has 9 heteroatoms. The van der Waals surface area contributed by atoms with Crippen LogP contribution in [0.2, 0.25) is 5.02 Å². The number of aromatic nitrogens is 4. The van der Waals surface area contributed by atoms with E-state index in [0.717, 1.165) is 14.6 Å². The monoisotopic (exact) mass is 469 g/mol. The highest BCUT2D eigenvalue weighted by Gasteiger charge is 2.21. The molecule has 0 fully saturated rings. The minimum absolute atomic E-state index is 0.117. The van der Waals surface area contributed by atoms with Crippen LogP contribution >= 0.6 is 34.2 Å². The second-order valence-electron chi connectivity index (χ2n) is 5.33. The molecule has 0 aliphatic heterocycles. The van der Waals surface area contributed by atoms with Gasteiger partial charge in [0.2, 0.25) is 0 Å². The molecule has 0 saturated heterocycles. The van der Waals surface area contributed by atoms with Crippen LogP contribution in [0.1, 0.15) is 5.56 Å². The maximum absolute atomic E-state index is 14.3. The Hall–Kier alpha value is -2.20. The number of nitrogens with zero attached hydrogens (tertiary/aromatic N) is 4. The molecular formula is C16H10ClFIN5O. The molecule has 6 nitrogen and oxygen atoms in total. The molecule has 2 heterocycles. The average molecular weight is 470 g/mol. The number of halogens is 3. The van der Waals surface area contributed by atoms with Crippen LogP contribution in [0.4, 0.5) is 10.2 Å². The molecule has 0 bridgehead atoms. The van der Waals surface area contributed by atoms with Gasteiger partial charge < -0.3 is 10.3 Å².